The van der Waals surface area contributed by atoms with Crippen molar-refractivity contribution in [3.63, 3.8) is 0 Å². The zero-order valence-corrected chi connectivity index (χ0v) is 11.0. The molecule has 0 saturated heterocycles. The standard InChI is InChI=1S/C12H18N2O5/c1-14(6-3-7-18-2)12(17)13-8-9-4-5-10(19-9)11(15)16/h4-5H,3,6-8H2,1-2H3,(H,13,17)(H,15,16). The number of hydrogen-bond donors (Lipinski definition) is 2. The first-order valence-corrected chi connectivity index (χ1v) is 5.84. The molecule has 0 spiro atoms. The Morgan fingerprint density at radius 3 is 2.79 bits per heavy atom. The third kappa shape index (κ3) is 5.01. The van der Waals surface area contributed by atoms with Crippen LogP contribution in [0.4, 0.5) is 4.79 Å². The van der Waals surface area contributed by atoms with E-state index in [1.165, 1.54) is 17.0 Å². The number of carboxylic acid groups (broad SMARTS) is 1. The van der Waals surface area contributed by atoms with Gasteiger partial charge >= 0.3 is 12.0 Å². The van der Waals surface area contributed by atoms with Gasteiger partial charge in [-0.3, -0.25) is 0 Å². The van der Waals surface area contributed by atoms with Crippen molar-refractivity contribution >= 4 is 12.0 Å². The number of ether oxygens (including phenoxy) is 1. The number of furan rings is 1. The molecule has 7 heteroatoms. The lowest BCUT2D eigenvalue weighted by atomic mass is 10.4. The highest BCUT2D eigenvalue weighted by Crippen LogP contribution is 2.07. The van der Waals surface area contributed by atoms with E-state index in [4.69, 9.17) is 14.3 Å². The molecule has 0 radical (unpaired) electrons. The fourth-order valence-electron chi connectivity index (χ4n) is 1.43. The van der Waals surface area contributed by atoms with Crippen molar-refractivity contribution in [3.05, 3.63) is 23.7 Å². The highest BCUT2D eigenvalue weighted by molar-refractivity contribution is 5.84. The van der Waals surface area contributed by atoms with E-state index < -0.39 is 5.97 Å². The van der Waals surface area contributed by atoms with Gasteiger partial charge < -0.3 is 24.5 Å². The van der Waals surface area contributed by atoms with Gasteiger partial charge in [0.25, 0.3) is 0 Å². The lowest BCUT2D eigenvalue weighted by molar-refractivity contribution is 0.0660. The summed E-state index contributed by atoms with van der Waals surface area (Å²) in [5, 5.41) is 11.3. The van der Waals surface area contributed by atoms with Gasteiger partial charge in [-0.1, -0.05) is 0 Å². The third-order valence-electron chi connectivity index (χ3n) is 2.47. The molecule has 19 heavy (non-hydrogen) atoms. The monoisotopic (exact) mass is 270 g/mol. The Morgan fingerprint density at radius 2 is 2.21 bits per heavy atom. The minimum Gasteiger partial charge on any atom is -0.475 e. The summed E-state index contributed by atoms with van der Waals surface area (Å²) in [4.78, 5) is 23.8. The lowest BCUT2D eigenvalue weighted by Crippen LogP contribution is -2.37. The van der Waals surface area contributed by atoms with Crippen molar-refractivity contribution in [2.24, 2.45) is 0 Å². The van der Waals surface area contributed by atoms with E-state index >= 15 is 0 Å². The highest BCUT2D eigenvalue weighted by Gasteiger charge is 2.11. The van der Waals surface area contributed by atoms with Gasteiger partial charge in [0.05, 0.1) is 6.54 Å². The Morgan fingerprint density at radius 1 is 1.47 bits per heavy atom. The van der Waals surface area contributed by atoms with Crippen molar-refractivity contribution in [1.29, 1.82) is 0 Å². The summed E-state index contributed by atoms with van der Waals surface area (Å²) in [7, 11) is 3.28. The molecular formula is C12H18N2O5. The molecule has 0 aliphatic rings. The summed E-state index contributed by atoms with van der Waals surface area (Å²) in [5.74, 6) is -0.872. The zero-order chi connectivity index (χ0) is 14.3. The molecule has 7 nitrogen and oxygen atoms in total. The van der Waals surface area contributed by atoms with Crippen molar-refractivity contribution in [3.8, 4) is 0 Å². The smallest absolute Gasteiger partial charge is 0.371 e. The Hall–Kier alpha value is -2.02. The molecule has 1 rings (SSSR count). The number of carboxylic acids is 1. The van der Waals surface area contributed by atoms with Crippen LogP contribution in [-0.2, 0) is 11.3 Å². The minimum atomic E-state index is -1.13. The molecule has 2 N–H and O–H groups in total. The number of carbonyl (C=O) groups is 2. The molecule has 106 valence electrons. The number of rotatable bonds is 7. The number of amides is 2. The maximum atomic E-state index is 11.7. The van der Waals surface area contributed by atoms with Crippen LogP contribution in [0.15, 0.2) is 16.5 Å². The molecule has 1 heterocycles. The van der Waals surface area contributed by atoms with Gasteiger partial charge in [0.15, 0.2) is 0 Å². The van der Waals surface area contributed by atoms with E-state index in [1.807, 2.05) is 0 Å². The van der Waals surface area contributed by atoms with Crippen LogP contribution in [0, 0.1) is 0 Å². The molecule has 0 bridgehead atoms. The van der Waals surface area contributed by atoms with Crippen LogP contribution in [0.1, 0.15) is 22.7 Å². The van der Waals surface area contributed by atoms with Crippen molar-refractivity contribution in [1.82, 2.24) is 10.2 Å². The first-order chi connectivity index (χ1) is 9.04. The van der Waals surface area contributed by atoms with E-state index in [0.717, 1.165) is 6.42 Å². The molecule has 1 aromatic heterocycles. The van der Waals surface area contributed by atoms with Crippen LogP contribution in [0.25, 0.3) is 0 Å². The molecule has 0 aliphatic carbocycles. The maximum Gasteiger partial charge on any atom is 0.371 e. The van der Waals surface area contributed by atoms with E-state index in [1.54, 1.807) is 14.2 Å². The Bertz CT molecular complexity index is 430. The van der Waals surface area contributed by atoms with Gasteiger partial charge in [-0.15, -0.1) is 0 Å². The molecule has 0 aliphatic heterocycles. The molecule has 1 aromatic rings. The summed E-state index contributed by atoms with van der Waals surface area (Å²) in [5.41, 5.74) is 0. The van der Waals surface area contributed by atoms with E-state index in [2.05, 4.69) is 5.32 Å². The second kappa shape index (κ2) is 7.42. The first-order valence-electron chi connectivity index (χ1n) is 5.84. The van der Waals surface area contributed by atoms with Gasteiger partial charge in [0, 0.05) is 27.3 Å². The fourth-order valence-corrected chi connectivity index (χ4v) is 1.43. The minimum absolute atomic E-state index is 0.141. The topological polar surface area (TPSA) is 92.0 Å². The van der Waals surface area contributed by atoms with Gasteiger partial charge in [-0.05, 0) is 18.6 Å². The van der Waals surface area contributed by atoms with E-state index in [0.29, 0.717) is 18.9 Å². The fraction of sp³-hybridized carbons (Fsp3) is 0.500. The third-order valence-corrected chi connectivity index (χ3v) is 2.47. The van der Waals surface area contributed by atoms with Crippen molar-refractivity contribution in [2.75, 3.05) is 27.3 Å². The Balaban J connectivity index is 2.34. The van der Waals surface area contributed by atoms with Crippen molar-refractivity contribution in [2.45, 2.75) is 13.0 Å². The summed E-state index contributed by atoms with van der Waals surface area (Å²) < 4.78 is 9.92. The van der Waals surface area contributed by atoms with Gasteiger partial charge in [-0.25, -0.2) is 9.59 Å². The van der Waals surface area contributed by atoms with Crippen LogP contribution in [-0.4, -0.2) is 49.3 Å². The lowest BCUT2D eigenvalue weighted by Gasteiger charge is -2.17. The molecular weight excluding hydrogens is 252 g/mol. The van der Waals surface area contributed by atoms with Gasteiger partial charge in [-0.2, -0.15) is 0 Å². The number of hydrogen-bond acceptors (Lipinski definition) is 4. The Labute approximate surface area is 111 Å². The number of nitrogens with zero attached hydrogens (tertiary/aromatic N) is 1. The first kappa shape index (κ1) is 15.0. The van der Waals surface area contributed by atoms with Crippen LogP contribution in [0.3, 0.4) is 0 Å². The van der Waals surface area contributed by atoms with Crippen molar-refractivity contribution < 1.29 is 23.8 Å². The number of methoxy groups -OCH3 is 1. The maximum absolute atomic E-state index is 11.7. The second-order valence-electron chi connectivity index (χ2n) is 4.00. The SMILES string of the molecule is COCCCN(C)C(=O)NCc1ccc(C(=O)O)o1. The molecule has 2 amide bonds. The van der Waals surface area contributed by atoms with E-state index in [9.17, 15) is 9.59 Å². The van der Waals surface area contributed by atoms with Crippen LogP contribution in [0.2, 0.25) is 0 Å². The van der Waals surface area contributed by atoms with E-state index in [-0.39, 0.29) is 18.3 Å². The molecule has 0 atom stereocenters. The second-order valence-corrected chi connectivity index (χ2v) is 4.00. The predicted molar refractivity (Wildman–Crippen MR) is 67.0 cm³/mol. The summed E-state index contributed by atoms with van der Waals surface area (Å²) in [6.45, 7) is 1.33. The quantitative estimate of drug-likeness (QED) is 0.725. The number of carbonyl (C=O) groups excluding carboxylic acids is 1. The number of urea groups is 1. The summed E-state index contributed by atoms with van der Waals surface area (Å²) in [6.07, 6.45) is 0.754. The highest BCUT2D eigenvalue weighted by atomic mass is 16.5. The van der Waals surface area contributed by atoms with Crippen LogP contribution < -0.4 is 5.32 Å². The average Bonchev–Trinajstić information content (AvgIpc) is 2.85. The van der Waals surface area contributed by atoms with Crippen LogP contribution >= 0.6 is 0 Å². The summed E-state index contributed by atoms with van der Waals surface area (Å²) >= 11 is 0. The summed E-state index contributed by atoms with van der Waals surface area (Å²) in [6, 6.07) is 2.63. The van der Waals surface area contributed by atoms with Crippen LogP contribution in [0.5, 0.6) is 0 Å². The predicted octanol–water partition coefficient (Wildman–Crippen LogP) is 1.16. The normalized spacial score (nSPS) is 10.2. The molecule has 0 saturated carbocycles. The zero-order valence-electron chi connectivity index (χ0n) is 11.0. The Kier molecular flexibility index (Phi) is 5.87. The largest absolute Gasteiger partial charge is 0.475 e. The number of nitrogens with one attached hydrogen (secondary N) is 1. The van der Waals surface area contributed by atoms with Gasteiger partial charge in [0.1, 0.15) is 5.76 Å². The van der Waals surface area contributed by atoms with Gasteiger partial charge in [0.2, 0.25) is 5.76 Å². The number of aromatic carboxylic acids is 1. The molecule has 0 aromatic carbocycles. The average molecular weight is 270 g/mol. The molecule has 0 unspecified atom stereocenters. The molecule has 0 fully saturated rings.